The molecule has 4 rings (SSSR count). The van der Waals surface area contributed by atoms with Gasteiger partial charge in [-0.15, -0.1) is 0 Å². The van der Waals surface area contributed by atoms with Gasteiger partial charge in [-0.3, -0.25) is 4.79 Å². The fourth-order valence-electron chi connectivity index (χ4n) is 4.35. The van der Waals surface area contributed by atoms with Crippen molar-refractivity contribution >= 4 is 11.6 Å². The lowest BCUT2D eigenvalue weighted by molar-refractivity contribution is -0.126. The van der Waals surface area contributed by atoms with Crippen LogP contribution in [-0.4, -0.2) is 41.5 Å². The Kier molecular flexibility index (Phi) is 6.31. The van der Waals surface area contributed by atoms with Crippen LogP contribution in [0.1, 0.15) is 23.1 Å². The molecule has 7 heteroatoms. The molecule has 33 heavy (non-hydrogen) atoms. The Morgan fingerprint density at radius 3 is 1.79 bits per heavy atom. The van der Waals surface area contributed by atoms with E-state index in [1.54, 1.807) is 52.6 Å². The highest BCUT2D eigenvalue weighted by atomic mass is 16.5. The summed E-state index contributed by atoms with van der Waals surface area (Å²) in [5.74, 6) is 2.30. The highest BCUT2D eigenvalue weighted by Crippen LogP contribution is 2.52. The minimum absolute atomic E-state index is 0.0183. The third-order valence-corrected chi connectivity index (χ3v) is 5.93. The van der Waals surface area contributed by atoms with Crippen molar-refractivity contribution in [3.05, 3.63) is 71.8 Å². The van der Waals surface area contributed by atoms with E-state index in [0.717, 1.165) is 11.1 Å². The molecule has 0 aromatic heterocycles. The highest BCUT2D eigenvalue weighted by molar-refractivity contribution is 6.07. The van der Waals surface area contributed by atoms with Gasteiger partial charge >= 0.3 is 0 Å². The molecule has 1 heterocycles. The molecular weight excluding hydrogens is 422 g/mol. The second-order valence-electron chi connectivity index (χ2n) is 7.54. The smallest absolute Gasteiger partial charge is 0.237 e. The van der Waals surface area contributed by atoms with E-state index in [-0.39, 0.29) is 17.9 Å². The quantitative estimate of drug-likeness (QED) is 0.468. The van der Waals surface area contributed by atoms with Crippen LogP contribution in [0.4, 0.5) is 5.69 Å². The highest BCUT2D eigenvalue weighted by Gasteiger charge is 2.50. The lowest BCUT2D eigenvalue weighted by atomic mass is 9.77. The Balaban J connectivity index is 1.85. The molecular formula is C26H27NO6. The lowest BCUT2D eigenvalue weighted by Gasteiger charge is -2.48. The van der Waals surface area contributed by atoms with Gasteiger partial charge in [-0.2, -0.15) is 0 Å². The molecule has 1 aliphatic heterocycles. The molecule has 0 aliphatic carbocycles. The Labute approximate surface area is 193 Å². The van der Waals surface area contributed by atoms with E-state index in [9.17, 15) is 4.79 Å². The van der Waals surface area contributed by atoms with E-state index in [1.807, 2.05) is 48.5 Å². The number of hydrogen-bond donors (Lipinski definition) is 0. The van der Waals surface area contributed by atoms with E-state index < -0.39 is 0 Å². The number of carbonyl (C=O) groups excluding carboxylic acids is 1. The van der Waals surface area contributed by atoms with Crippen molar-refractivity contribution in [2.45, 2.75) is 12.0 Å². The molecule has 3 aromatic rings. The number of carbonyl (C=O) groups is 1. The molecule has 0 radical (unpaired) electrons. The van der Waals surface area contributed by atoms with E-state index in [0.29, 0.717) is 34.4 Å². The number of amides is 1. The van der Waals surface area contributed by atoms with Crippen molar-refractivity contribution in [2.75, 3.05) is 40.4 Å². The topological polar surface area (TPSA) is 66.5 Å². The summed E-state index contributed by atoms with van der Waals surface area (Å²) >= 11 is 0. The SMILES string of the molecule is COc1ccc([C@@H]2[C@@H](c3ccccc3)C(=O)N2c2cc(OC)c(OC)c(OC)c2)cc1OC. The number of methoxy groups -OCH3 is 5. The molecule has 0 saturated carbocycles. The Bertz CT molecular complexity index is 1120. The third kappa shape index (κ3) is 3.80. The van der Waals surface area contributed by atoms with Gasteiger partial charge in [0, 0.05) is 12.1 Å². The Hall–Kier alpha value is -3.87. The maximum atomic E-state index is 13.5. The van der Waals surface area contributed by atoms with Gasteiger partial charge in [0.05, 0.1) is 53.2 Å². The van der Waals surface area contributed by atoms with Gasteiger partial charge in [0.25, 0.3) is 0 Å². The Morgan fingerprint density at radius 2 is 1.24 bits per heavy atom. The van der Waals surface area contributed by atoms with Crippen LogP contribution >= 0.6 is 0 Å². The normalized spacial score (nSPS) is 17.2. The number of nitrogens with zero attached hydrogens (tertiary/aromatic N) is 1. The first kappa shape index (κ1) is 22.3. The average Bonchev–Trinajstić information content (AvgIpc) is 2.86. The van der Waals surface area contributed by atoms with Crippen LogP contribution in [-0.2, 0) is 4.79 Å². The molecule has 0 unspecified atom stereocenters. The number of rotatable bonds is 8. The van der Waals surface area contributed by atoms with Crippen LogP contribution in [0.15, 0.2) is 60.7 Å². The minimum atomic E-state index is -0.344. The first-order chi connectivity index (χ1) is 16.1. The zero-order chi connectivity index (χ0) is 23.5. The predicted molar refractivity (Wildman–Crippen MR) is 125 cm³/mol. The van der Waals surface area contributed by atoms with Crippen LogP contribution < -0.4 is 28.6 Å². The molecule has 1 aliphatic rings. The fraction of sp³-hybridized carbons (Fsp3) is 0.269. The summed E-state index contributed by atoms with van der Waals surface area (Å²) in [4.78, 5) is 15.3. The van der Waals surface area contributed by atoms with Crippen molar-refractivity contribution in [1.82, 2.24) is 0 Å². The van der Waals surface area contributed by atoms with Crippen LogP contribution in [0.2, 0.25) is 0 Å². The number of anilines is 1. The monoisotopic (exact) mass is 449 g/mol. The maximum Gasteiger partial charge on any atom is 0.237 e. The summed E-state index contributed by atoms with van der Waals surface area (Å²) in [6.45, 7) is 0. The van der Waals surface area contributed by atoms with Gasteiger partial charge in [0.2, 0.25) is 11.7 Å². The molecule has 1 saturated heterocycles. The first-order valence-electron chi connectivity index (χ1n) is 10.5. The second kappa shape index (κ2) is 9.32. The van der Waals surface area contributed by atoms with Crippen molar-refractivity contribution in [2.24, 2.45) is 0 Å². The van der Waals surface area contributed by atoms with Gasteiger partial charge in [-0.25, -0.2) is 0 Å². The largest absolute Gasteiger partial charge is 0.493 e. The maximum absolute atomic E-state index is 13.5. The number of hydrogen-bond acceptors (Lipinski definition) is 6. The Morgan fingerprint density at radius 1 is 0.636 bits per heavy atom. The minimum Gasteiger partial charge on any atom is -0.493 e. The van der Waals surface area contributed by atoms with Gasteiger partial charge in [0.1, 0.15) is 0 Å². The standard InChI is InChI=1S/C26H27NO6/c1-29-19-12-11-17(13-20(19)30-2)24-23(16-9-7-6-8-10-16)26(28)27(24)18-14-21(31-3)25(33-5)22(15-18)32-4/h6-15,23-24H,1-5H3/t23-,24-/m1/s1. The molecule has 2 atom stereocenters. The molecule has 7 nitrogen and oxygen atoms in total. The van der Waals surface area contributed by atoms with Crippen molar-refractivity contribution < 1.29 is 28.5 Å². The van der Waals surface area contributed by atoms with Crippen molar-refractivity contribution in [3.63, 3.8) is 0 Å². The number of β-lactam (4-membered cyclic amide) rings is 1. The molecule has 0 N–H and O–H groups in total. The van der Waals surface area contributed by atoms with Crippen LogP contribution in [0.3, 0.4) is 0 Å². The summed E-state index contributed by atoms with van der Waals surface area (Å²) in [6, 6.07) is 18.8. The van der Waals surface area contributed by atoms with Crippen molar-refractivity contribution in [1.29, 1.82) is 0 Å². The van der Waals surface area contributed by atoms with Gasteiger partial charge in [-0.05, 0) is 23.3 Å². The lowest BCUT2D eigenvalue weighted by Crippen LogP contribution is -2.53. The predicted octanol–water partition coefficient (Wildman–Crippen LogP) is 4.60. The van der Waals surface area contributed by atoms with Gasteiger partial charge in [0.15, 0.2) is 23.0 Å². The van der Waals surface area contributed by atoms with Crippen LogP contribution in [0, 0.1) is 0 Å². The molecule has 0 spiro atoms. The molecule has 1 amide bonds. The summed E-state index contributed by atoms with van der Waals surface area (Å²) in [5.41, 5.74) is 2.53. The average molecular weight is 450 g/mol. The second-order valence-corrected chi connectivity index (χ2v) is 7.54. The summed E-state index contributed by atoms with van der Waals surface area (Å²) in [7, 11) is 7.85. The molecule has 1 fully saturated rings. The van der Waals surface area contributed by atoms with E-state index >= 15 is 0 Å². The number of benzene rings is 3. The van der Waals surface area contributed by atoms with Crippen LogP contribution in [0.5, 0.6) is 28.7 Å². The van der Waals surface area contributed by atoms with Gasteiger partial charge in [-0.1, -0.05) is 36.4 Å². The van der Waals surface area contributed by atoms with Gasteiger partial charge < -0.3 is 28.6 Å². The third-order valence-electron chi connectivity index (χ3n) is 5.93. The zero-order valence-corrected chi connectivity index (χ0v) is 19.3. The van der Waals surface area contributed by atoms with E-state index in [1.165, 1.54) is 0 Å². The zero-order valence-electron chi connectivity index (χ0n) is 19.3. The summed E-state index contributed by atoms with van der Waals surface area (Å²) in [6.07, 6.45) is 0. The number of ether oxygens (including phenoxy) is 5. The summed E-state index contributed by atoms with van der Waals surface area (Å²) in [5, 5.41) is 0. The van der Waals surface area contributed by atoms with Crippen LogP contribution in [0.25, 0.3) is 0 Å². The van der Waals surface area contributed by atoms with E-state index in [4.69, 9.17) is 23.7 Å². The first-order valence-corrected chi connectivity index (χ1v) is 10.5. The van der Waals surface area contributed by atoms with E-state index in [2.05, 4.69) is 0 Å². The fourth-order valence-corrected chi connectivity index (χ4v) is 4.35. The van der Waals surface area contributed by atoms with Crippen molar-refractivity contribution in [3.8, 4) is 28.7 Å². The molecule has 3 aromatic carbocycles. The molecule has 172 valence electrons. The molecule has 0 bridgehead atoms. The summed E-state index contributed by atoms with van der Waals surface area (Å²) < 4.78 is 27.4.